The van der Waals surface area contributed by atoms with Gasteiger partial charge < -0.3 is 5.11 Å². The van der Waals surface area contributed by atoms with Gasteiger partial charge in [-0.15, -0.1) is 0 Å². The Bertz CT molecular complexity index is 141. The van der Waals surface area contributed by atoms with E-state index in [1.165, 1.54) is 12.8 Å². The Labute approximate surface area is 75.7 Å². The molecule has 2 heteroatoms. The van der Waals surface area contributed by atoms with Crippen molar-refractivity contribution < 1.29 is 5.11 Å². The largest absolute Gasteiger partial charge is 0.372 e. The molecule has 0 aromatic heterocycles. The van der Waals surface area contributed by atoms with E-state index < -0.39 is 6.23 Å². The van der Waals surface area contributed by atoms with Crippen LogP contribution in [0.4, 0.5) is 0 Å². The van der Waals surface area contributed by atoms with Crippen molar-refractivity contribution in [2.75, 3.05) is 0 Å². The molecule has 0 aromatic carbocycles. The first-order chi connectivity index (χ1) is 5.57. The van der Waals surface area contributed by atoms with E-state index in [4.69, 9.17) is 0 Å². The van der Waals surface area contributed by atoms with Crippen LogP contribution in [0.15, 0.2) is 4.99 Å². The maximum atomic E-state index is 9.41. The third-order valence-corrected chi connectivity index (χ3v) is 1.84. The van der Waals surface area contributed by atoms with Crippen LogP contribution in [0.1, 0.15) is 47.0 Å². The van der Waals surface area contributed by atoms with Gasteiger partial charge in [-0.2, -0.15) is 0 Å². The van der Waals surface area contributed by atoms with Gasteiger partial charge in [0.15, 0.2) is 0 Å². The van der Waals surface area contributed by atoms with Crippen LogP contribution < -0.4 is 0 Å². The molecule has 0 aromatic rings. The second kappa shape index (κ2) is 6.18. The quantitative estimate of drug-likeness (QED) is 0.634. The minimum atomic E-state index is -0.512. The fraction of sp³-hybridized carbons (Fsp3) is 0.900. The molecular weight excluding hydrogens is 150 g/mol. The van der Waals surface area contributed by atoms with Gasteiger partial charge in [-0.05, 0) is 25.7 Å². The normalized spacial score (nSPS) is 15.3. The second-order valence-corrected chi connectivity index (χ2v) is 3.63. The highest BCUT2D eigenvalue weighted by atomic mass is 16.3. The number of nitrogens with zero attached hydrogens (tertiary/aromatic N) is 1. The van der Waals surface area contributed by atoms with Gasteiger partial charge in [-0.25, -0.2) is 0 Å². The summed E-state index contributed by atoms with van der Waals surface area (Å²) in [5, 5.41) is 9.41. The molecule has 0 aliphatic heterocycles. The lowest BCUT2D eigenvalue weighted by molar-refractivity contribution is 0.134. The summed E-state index contributed by atoms with van der Waals surface area (Å²) in [6, 6.07) is 0. The summed E-state index contributed by atoms with van der Waals surface area (Å²) >= 11 is 0. The topological polar surface area (TPSA) is 32.6 Å². The number of aliphatic hydroxyl groups excluding tert-OH is 1. The van der Waals surface area contributed by atoms with Crippen molar-refractivity contribution in [3.05, 3.63) is 0 Å². The van der Waals surface area contributed by atoms with E-state index >= 15 is 0 Å². The molecule has 1 atom stereocenters. The zero-order valence-corrected chi connectivity index (χ0v) is 8.67. The number of hydrogen-bond donors (Lipinski definition) is 1. The summed E-state index contributed by atoms with van der Waals surface area (Å²) in [5.41, 5.74) is 1.07. The lowest BCUT2D eigenvalue weighted by Gasteiger charge is -2.10. The van der Waals surface area contributed by atoms with Gasteiger partial charge in [0.1, 0.15) is 6.23 Å². The van der Waals surface area contributed by atoms with Crippen LogP contribution in [0.25, 0.3) is 0 Å². The maximum absolute atomic E-state index is 9.41. The van der Waals surface area contributed by atoms with Crippen molar-refractivity contribution in [1.29, 1.82) is 0 Å². The van der Waals surface area contributed by atoms with Crippen molar-refractivity contribution in [2.45, 2.75) is 53.2 Å². The summed E-state index contributed by atoms with van der Waals surface area (Å²) < 4.78 is 0. The van der Waals surface area contributed by atoms with E-state index in [9.17, 15) is 5.11 Å². The first-order valence-electron chi connectivity index (χ1n) is 4.79. The van der Waals surface area contributed by atoms with Gasteiger partial charge in [-0.3, -0.25) is 4.99 Å². The van der Waals surface area contributed by atoms with Gasteiger partial charge in [0.25, 0.3) is 0 Å². The zero-order chi connectivity index (χ0) is 9.56. The first-order valence-corrected chi connectivity index (χ1v) is 4.79. The Kier molecular flexibility index (Phi) is 5.99. The second-order valence-electron chi connectivity index (χ2n) is 3.63. The average Bonchev–Trinajstić information content (AvgIpc) is 2.00. The number of unbranched alkanes of at least 4 members (excludes halogenated alkanes) is 1. The number of hydrogen-bond acceptors (Lipinski definition) is 2. The Morgan fingerprint density at radius 1 is 1.42 bits per heavy atom. The molecular formula is C10H21NO. The SMILES string of the molecule is CCCCC(C)=NC(O)C(C)C. The van der Waals surface area contributed by atoms with Crippen LogP contribution >= 0.6 is 0 Å². The lowest BCUT2D eigenvalue weighted by Crippen LogP contribution is -2.13. The van der Waals surface area contributed by atoms with Crippen LogP contribution in [0.5, 0.6) is 0 Å². The van der Waals surface area contributed by atoms with E-state index in [1.54, 1.807) is 0 Å². The van der Waals surface area contributed by atoms with Crippen LogP contribution in [-0.4, -0.2) is 17.0 Å². The monoisotopic (exact) mass is 171 g/mol. The third-order valence-electron chi connectivity index (χ3n) is 1.84. The summed E-state index contributed by atoms with van der Waals surface area (Å²) in [5.74, 6) is 0.224. The maximum Gasteiger partial charge on any atom is 0.147 e. The molecule has 0 saturated heterocycles. The Hall–Kier alpha value is -0.370. The molecule has 0 fully saturated rings. The number of aliphatic imine (C=N–C) groups is 1. The lowest BCUT2D eigenvalue weighted by atomic mass is 10.1. The molecule has 0 amide bonds. The molecule has 0 bridgehead atoms. The fourth-order valence-electron chi connectivity index (χ4n) is 0.872. The molecule has 0 heterocycles. The van der Waals surface area contributed by atoms with E-state index in [0.717, 1.165) is 12.1 Å². The number of aliphatic hydroxyl groups is 1. The van der Waals surface area contributed by atoms with Gasteiger partial charge >= 0.3 is 0 Å². The summed E-state index contributed by atoms with van der Waals surface area (Å²) in [4.78, 5) is 4.19. The molecule has 0 spiro atoms. The van der Waals surface area contributed by atoms with E-state index in [0.29, 0.717) is 0 Å². The van der Waals surface area contributed by atoms with Crippen LogP contribution in [0.3, 0.4) is 0 Å². The molecule has 1 N–H and O–H groups in total. The molecule has 0 saturated carbocycles. The molecule has 12 heavy (non-hydrogen) atoms. The predicted octanol–water partition coefficient (Wildman–Crippen LogP) is 2.61. The summed E-state index contributed by atoms with van der Waals surface area (Å²) in [6.45, 7) is 8.09. The first kappa shape index (κ1) is 11.6. The van der Waals surface area contributed by atoms with Crippen molar-refractivity contribution in [1.82, 2.24) is 0 Å². The van der Waals surface area contributed by atoms with Crippen LogP contribution in [0.2, 0.25) is 0 Å². The van der Waals surface area contributed by atoms with E-state index in [-0.39, 0.29) is 5.92 Å². The van der Waals surface area contributed by atoms with E-state index in [2.05, 4.69) is 11.9 Å². The van der Waals surface area contributed by atoms with Crippen molar-refractivity contribution >= 4 is 5.71 Å². The highest BCUT2D eigenvalue weighted by Crippen LogP contribution is 2.05. The molecule has 0 aliphatic carbocycles. The molecule has 0 rings (SSSR count). The van der Waals surface area contributed by atoms with Gasteiger partial charge in [0.05, 0.1) is 0 Å². The fourth-order valence-corrected chi connectivity index (χ4v) is 0.872. The third kappa shape index (κ3) is 5.30. The van der Waals surface area contributed by atoms with Crippen molar-refractivity contribution in [3.63, 3.8) is 0 Å². The minimum absolute atomic E-state index is 0.224. The molecule has 0 radical (unpaired) electrons. The van der Waals surface area contributed by atoms with Crippen molar-refractivity contribution in [2.24, 2.45) is 10.9 Å². The predicted molar refractivity (Wildman–Crippen MR) is 53.5 cm³/mol. The smallest absolute Gasteiger partial charge is 0.147 e. The highest BCUT2D eigenvalue weighted by Gasteiger charge is 2.06. The standard InChI is InChI=1S/C10H21NO/c1-5-6-7-9(4)11-10(12)8(2)3/h8,10,12H,5-7H2,1-4H3. The zero-order valence-electron chi connectivity index (χ0n) is 8.67. The molecule has 2 nitrogen and oxygen atoms in total. The van der Waals surface area contributed by atoms with E-state index in [1.807, 2.05) is 20.8 Å². The number of rotatable bonds is 5. The minimum Gasteiger partial charge on any atom is -0.372 e. The Balaban J connectivity index is 3.80. The average molecular weight is 171 g/mol. The molecule has 1 unspecified atom stereocenters. The Morgan fingerprint density at radius 3 is 2.42 bits per heavy atom. The Morgan fingerprint density at radius 2 is 2.00 bits per heavy atom. The molecule has 0 aliphatic rings. The van der Waals surface area contributed by atoms with Gasteiger partial charge in [0, 0.05) is 5.71 Å². The van der Waals surface area contributed by atoms with Crippen LogP contribution in [0, 0.1) is 5.92 Å². The highest BCUT2D eigenvalue weighted by molar-refractivity contribution is 5.81. The summed E-state index contributed by atoms with van der Waals surface area (Å²) in [7, 11) is 0. The van der Waals surface area contributed by atoms with Crippen molar-refractivity contribution in [3.8, 4) is 0 Å². The van der Waals surface area contributed by atoms with Gasteiger partial charge in [-0.1, -0.05) is 27.2 Å². The molecule has 72 valence electrons. The van der Waals surface area contributed by atoms with Gasteiger partial charge in [0.2, 0.25) is 0 Å². The van der Waals surface area contributed by atoms with Crippen LogP contribution in [-0.2, 0) is 0 Å². The summed E-state index contributed by atoms with van der Waals surface area (Å²) in [6.07, 6.45) is 2.85.